The van der Waals surface area contributed by atoms with Gasteiger partial charge >= 0.3 is 0 Å². The van der Waals surface area contributed by atoms with Gasteiger partial charge in [-0.25, -0.2) is 4.98 Å². The van der Waals surface area contributed by atoms with Crippen LogP contribution < -0.4 is 15.2 Å². The molecular formula is C19H25N3O3. The molecule has 1 aliphatic heterocycles. The number of rotatable bonds is 6. The van der Waals surface area contributed by atoms with Crippen LogP contribution in [0.5, 0.6) is 11.6 Å². The number of nitrogens with two attached hydrogens (primary N) is 1. The summed E-state index contributed by atoms with van der Waals surface area (Å²) < 4.78 is 11.8. The van der Waals surface area contributed by atoms with E-state index in [0.29, 0.717) is 29.8 Å². The van der Waals surface area contributed by atoms with Crippen molar-refractivity contribution in [2.45, 2.75) is 38.8 Å². The summed E-state index contributed by atoms with van der Waals surface area (Å²) in [6, 6.07) is 5.80. The molecule has 3 rings (SSSR count). The average molecular weight is 343 g/mol. The van der Waals surface area contributed by atoms with E-state index in [1.807, 2.05) is 19.9 Å². The van der Waals surface area contributed by atoms with Crippen LogP contribution in [0.15, 0.2) is 24.4 Å². The van der Waals surface area contributed by atoms with E-state index in [4.69, 9.17) is 15.2 Å². The van der Waals surface area contributed by atoms with E-state index >= 15 is 0 Å². The van der Waals surface area contributed by atoms with Gasteiger partial charge in [0.05, 0.1) is 11.7 Å². The summed E-state index contributed by atoms with van der Waals surface area (Å²) in [7, 11) is 2.12. The smallest absolute Gasteiger partial charge is 0.252 e. The molecule has 1 aliphatic rings. The summed E-state index contributed by atoms with van der Waals surface area (Å²) in [4.78, 5) is 18.4. The number of carbonyl (C=O) groups excluding carboxylic acids is 1. The van der Waals surface area contributed by atoms with Gasteiger partial charge in [0.25, 0.3) is 5.91 Å². The molecule has 2 heterocycles. The minimum absolute atomic E-state index is 0.0660. The summed E-state index contributed by atoms with van der Waals surface area (Å²) >= 11 is 0. The van der Waals surface area contributed by atoms with Crippen molar-refractivity contribution in [3.8, 4) is 11.6 Å². The van der Waals surface area contributed by atoms with E-state index in [2.05, 4.69) is 16.9 Å². The Bertz CT molecular complexity index is 776. The molecular weight excluding hydrogens is 318 g/mol. The fourth-order valence-corrected chi connectivity index (χ4v) is 3.20. The molecule has 1 atom stereocenters. The molecule has 1 amide bonds. The van der Waals surface area contributed by atoms with Gasteiger partial charge in [0.1, 0.15) is 12.4 Å². The number of hydrogen-bond donors (Lipinski definition) is 1. The molecule has 134 valence electrons. The third kappa shape index (κ3) is 3.85. The molecule has 1 aromatic heterocycles. The molecule has 0 radical (unpaired) electrons. The molecule has 0 bridgehead atoms. The summed E-state index contributed by atoms with van der Waals surface area (Å²) in [6.45, 7) is 5.52. The molecule has 0 aliphatic carbocycles. The maximum Gasteiger partial charge on any atom is 0.252 e. The van der Waals surface area contributed by atoms with Gasteiger partial charge in [0, 0.05) is 17.6 Å². The van der Waals surface area contributed by atoms with Crippen molar-refractivity contribution in [1.29, 1.82) is 0 Å². The number of fused-ring (bicyclic) bond motifs is 1. The fraction of sp³-hybridized carbons (Fsp3) is 0.474. The topological polar surface area (TPSA) is 77.7 Å². The van der Waals surface area contributed by atoms with Gasteiger partial charge < -0.3 is 20.1 Å². The van der Waals surface area contributed by atoms with Gasteiger partial charge in [-0.2, -0.15) is 0 Å². The first kappa shape index (κ1) is 17.5. The van der Waals surface area contributed by atoms with E-state index < -0.39 is 5.91 Å². The first-order chi connectivity index (χ1) is 12.0. The van der Waals surface area contributed by atoms with Gasteiger partial charge in [-0.1, -0.05) is 0 Å². The number of likely N-dealkylation sites (N-methyl/N-ethyl adjacent to an activating group) is 1. The minimum Gasteiger partial charge on any atom is -0.490 e. The number of aromatic nitrogens is 1. The van der Waals surface area contributed by atoms with Gasteiger partial charge in [-0.05, 0) is 63.9 Å². The normalized spacial score (nSPS) is 18.0. The van der Waals surface area contributed by atoms with E-state index in [9.17, 15) is 4.79 Å². The summed E-state index contributed by atoms with van der Waals surface area (Å²) in [5.74, 6) is 0.512. The summed E-state index contributed by atoms with van der Waals surface area (Å²) in [5.41, 5.74) is 5.87. The number of hydrogen-bond acceptors (Lipinski definition) is 5. The Morgan fingerprint density at radius 1 is 1.44 bits per heavy atom. The number of ether oxygens (including phenoxy) is 2. The number of primary amides is 1. The van der Waals surface area contributed by atoms with Crippen LogP contribution in [0.2, 0.25) is 0 Å². The highest BCUT2D eigenvalue weighted by molar-refractivity contribution is 6.01. The van der Waals surface area contributed by atoms with Crippen molar-refractivity contribution in [3.63, 3.8) is 0 Å². The highest BCUT2D eigenvalue weighted by Crippen LogP contribution is 2.31. The predicted molar refractivity (Wildman–Crippen MR) is 97.2 cm³/mol. The van der Waals surface area contributed by atoms with Crippen molar-refractivity contribution in [2.24, 2.45) is 5.73 Å². The summed E-state index contributed by atoms with van der Waals surface area (Å²) in [6.07, 6.45) is 3.95. The number of carbonyl (C=O) groups is 1. The summed E-state index contributed by atoms with van der Waals surface area (Å²) in [5, 5.41) is 1.68. The van der Waals surface area contributed by atoms with Gasteiger partial charge in [0.15, 0.2) is 0 Å². The molecule has 0 saturated carbocycles. The van der Waals surface area contributed by atoms with Crippen LogP contribution in [0.1, 0.15) is 37.0 Å². The van der Waals surface area contributed by atoms with Crippen LogP contribution in [0.3, 0.4) is 0 Å². The lowest BCUT2D eigenvalue weighted by Crippen LogP contribution is -2.30. The largest absolute Gasteiger partial charge is 0.490 e. The third-order valence-electron chi connectivity index (χ3n) is 4.54. The zero-order chi connectivity index (χ0) is 18.0. The Morgan fingerprint density at radius 2 is 2.24 bits per heavy atom. The number of pyridine rings is 1. The fourth-order valence-electron chi connectivity index (χ4n) is 3.20. The van der Waals surface area contributed by atoms with Crippen molar-refractivity contribution >= 4 is 16.7 Å². The Morgan fingerprint density at radius 3 is 2.88 bits per heavy atom. The number of nitrogens with zero attached hydrogens (tertiary/aromatic N) is 2. The van der Waals surface area contributed by atoms with Crippen molar-refractivity contribution in [2.75, 3.05) is 20.2 Å². The van der Waals surface area contributed by atoms with Crippen molar-refractivity contribution in [3.05, 3.63) is 30.0 Å². The molecule has 1 unspecified atom stereocenters. The number of likely N-dealkylation sites (tertiary alicyclic amines) is 1. The Balaban J connectivity index is 1.94. The lowest BCUT2D eigenvalue weighted by atomic mass is 10.1. The first-order valence-electron chi connectivity index (χ1n) is 8.68. The molecule has 1 saturated heterocycles. The van der Waals surface area contributed by atoms with Crippen LogP contribution in [0.4, 0.5) is 0 Å². The SMILES string of the molecule is CC(C)Oc1cc2c(OCC3CCCN3C)nccc2cc1C(N)=O. The Hall–Kier alpha value is -2.34. The Labute approximate surface area is 147 Å². The lowest BCUT2D eigenvalue weighted by Gasteiger charge is -2.20. The van der Waals surface area contributed by atoms with Crippen LogP contribution >= 0.6 is 0 Å². The molecule has 2 N–H and O–H groups in total. The van der Waals surface area contributed by atoms with Crippen LogP contribution in [-0.4, -0.2) is 48.1 Å². The highest BCUT2D eigenvalue weighted by Gasteiger charge is 2.22. The molecule has 1 aromatic carbocycles. The lowest BCUT2D eigenvalue weighted by molar-refractivity contribution is 0.0994. The van der Waals surface area contributed by atoms with Gasteiger partial charge in [0.2, 0.25) is 5.88 Å². The molecule has 25 heavy (non-hydrogen) atoms. The van der Waals surface area contributed by atoms with E-state index in [0.717, 1.165) is 23.7 Å². The zero-order valence-corrected chi connectivity index (χ0v) is 15.0. The molecule has 0 spiro atoms. The molecule has 1 fully saturated rings. The minimum atomic E-state index is -0.510. The molecule has 6 heteroatoms. The monoisotopic (exact) mass is 343 g/mol. The maximum atomic E-state index is 11.8. The van der Waals surface area contributed by atoms with Gasteiger partial charge in [-0.3, -0.25) is 4.79 Å². The first-order valence-corrected chi connectivity index (χ1v) is 8.68. The third-order valence-corrected chi connectivity index (χ3v) is 4.54. The predicted octanol–water partition coefficient (Wildman–Crippen LogP) is 2.59. The standard InChI is InChI=1S/C19H25N3O3/c1-12(2)25-17-10-15-13(9-16(17)18(20)23)6-7-21-19(15)24-11-14-5-4-8-22(14)3/h6-7,9-10,12,14H,4-5,8,11H2,1-3H3,(H2,20,23). The van der Waals surface area contributed by atoms with E-state index in [-0.39, 0.29) is 6.10 Å². The Kier molecular flexibility index (Phi) is 5.08. The second-order valence-corrected chi connectivity index (χ2v) is 6.80. The maximum absolute atomic E-state index is 11.8. The second kappa shape index (κ2) is 7.27. The quantitative estimate of drug-likeness (QED) is 0.872. The van der Waals surface area contributed by atoms with E-state index in [1.54, 1.807) is 18.3 Å². The van der Waals surface area contributed by atoms with Gasteiger partial charge in [-0.15, -0.1) is 0 Å². The van der Waals surface area contributed by atoms with Crippen LogP contribution in [0, 0.1) is 0 Å². The second-order valence-electron chi connectivity index (χ2n) is 6.80. The van der Waals surface area contributed by atoms with Crippen LogP contribution in [-0.2, 0) is 0 Å². The number of benzene rings is 1. The van der Waals surface area contributed by atoms with Crippen molar-refractivity contribution in [1.82, 2.24) is 9.88 Å². The highest BCUT2D eigenvalue weighted by atomic mass is 16.5. The molecule has 6 nitrogen and oxygen atoms in total. The van der Waals surface area contributed by atoms with Crippen LogP contribution in [0.25, 0.3) is 10.8 Å². The molecule has 2 aromatic rings. The van der Waals surface area contributed by atoms with Crippen molar-refractivity contribution < 1.29 is 14.3 Å². The average Bonchev–Trinajstić information content (AvgIpc) is 2.96. The zero-order valence-electron chi connectivity index (χ0n) is 15.0. The number of amides is 1. The van der Waals surface area contributed by atoms with E-state index in [1.165, 1.54) is 6.42 Å².